The molecular weight excluding hydrogens is 429 g/mol. The maximum absolute atomic E-state index is 13.4. The second-order valence-corrected chi connectivity index (χ2v) is 8.70. The summed E-state index contributed by atoms with van der Waals surface area (Å²) in [7, 11) is 0. The summed E-state index contributed by atoms with van der Waals surface area (Å²) in [6, 6.07) is 15.0. The van der Waals surface area contributed by atoms with Gasteiger partial charge in [0.1, 0.15) is 0 Å². The number of alkyl halides is 3. The summed E-state index contributed by atoms with van der Waals surface area (Å²) in [5.41, 5.74) is 0.383. The summed E-state index contributed by atoms with van der Waals surface area (Å²) in [4.78, 5) is 29.1. The molecule has 1 aliphatic carbocycles. The van der Waals surface area contributed by atoms with Gasteiger partial charge in [0, 0.05) is 37.7 Å². The molecule has 2 amide bonds. The van der Waals surface area contributed by atoms with Crippen LogP contribution in [0.5, 0.6) is 0 Å². The molecule has 33 heavy (non-hydrogen) atoms. The number of carbonyl (C=O) groups is 2. The number of hydrogen-bond acceptors (Lipinski definition) is 2. The van der Waals surface area contributed by atoms with Crippen LogP contribution < -0.4 is 0 Å². The highest BCUT2D eigenvalue weighted by atomic mass is 19.4. The van der Waals surface area contributed by atoms with Crippen molar-refractivity contribution in [3.63, 3.8) is 0 Å². The standard InChI is InChI=1S/C26H27F3N2O2/c27-26(28,29)23-9-5-4-8-21(23)18-31(22-11-12-22)25(33)20-14-16-30(17-15-20)24(32)13-10-19-6-2-1-3-7-19/h1-10,13,20,22H,11-12,14-18H2/b13-10+. The molecule has 2 aromatic rings. The summed E-state index contributed by atoms with van der Waals surface area (Å²) in [5.74, 6) is -0.463. The van der Waals surface area contributed by atoms with Crippen molar-refractivity contribution in [1.29, 1.82) is 0 Å². The lowest BCUT2D eigenvalue weighted by Crippen LogP contribution is -2.44. The molecule has 1 aliphatic heterocycles. The van der Waals surface area contributed by atoms with E-state index < -0.39 is 11.7 Å². The number of nitrogens with zero attached hydrogens (tertiary/aromatic N) is 2. The molecule has 0 bridgehead atoms. The summed E-state index contributed by atoms with van der Waals surface area (Å²) in [6.07, 6.45) is 1.55. The van der Waals surface area contributed by atoms with Gasteiger partial charge in [0.25, 0.3) is 0 Å². The van der Waals surface area contributed by atoms with Crippen LogP contribution in [0.4, 0.5) is 13.2 Å². The Kier molecular flexibility index (Phi) is 6.86. The number of hydrogen-bond donors (Lipinski definition) is 0. The molecular formula is C26H27F3N2O2. The zero-order valence-electron chi connectivity index (χ0n) is 18.3. The van der Waals surface area contributed by atoms with Crippen LogP contribution >= 0.6 is 0 Å². The molecule has 2 aliphatic rings. The van der Waals surface area contributed by atoms with Crippen LogP contribution in [-0.2, 0) is 22.3 Å². The summed E-state index contributed by atoms with van der Waals surface area (Å²) < 4.78 is 40.2. The zero-order valence-corrected chi connectivity index (χ0v) is 18.3. The molecule has 1 heterocycles. The third kappa shape index (κ3) is 5.83. The lowest BCUT2D eigenvalue weighted by Gasteiger charge is -2.34. The Bertz CT molecular complexity index is 1010. The van der Waals surface area contributed by atoms with E-state index in [0.29, 0.717) is 25.9 Å². The van der Waals surface area contributed by atoms with Gasteiger partial charge in [-0.05, 0) is 49.0 Å². The van der Waals surface area contributed by atoms with Gasteiger partial charge in [0.2, 0.25) is 11.8 Å². The van der Waals surface area contributed by atoms with Gasteiger partial charge in [-0.1, -0.05) is 48.5 Å². The Morgan fingerprint density at radius 1 is 0.939 bits per heavy atom. The molecule has 174 valence electrons. The minimum absolute atomic E-state index is 0.00672. The van der Waals surface area contributed by atoms with Gasteiger partial charge in [-0.3, -0.25) is 9.59 Å². The third-order valence-corrected chi connectivity index (χ3v) is 6.31. The Morgan fingerprint density at radius 2 is 1.58 bits per heavy atom. The van der Waals surface area contributed by atoms with E-state index in [1.165, 1.54) is 12.1 Å². The Balaban J connectivity index is 1.37. The van der Waals surface area contributed by atoms with Gasteiger partial charge in [-0.2, -0.15) is 13.2 Å². The Morgan fingerprint density at radius 3 is 2.21 bits per heavy atom. The Hall–Kier alpha value is -3.09. The van der Waals surface area contributed by atoms with E-state index in [9.17, 15) is 22.8 Å². The second-order valence-electron chi connectivity index (χ2n) is 8.70. The average molecular weight is 457 g/mol. The molecule has 0 aromatic heterocycles. The molecule has 0 N–H and O–H groups in total. The lowest BCUT2D eigenvalue weighted by molar-refractivity contribution is -0.142. The van der Waals surface area contributed by atoms with E-state index in [1.807, 2.05) is 30.3 Å². The molecule has 4 nitrogen and oxygen atoms in total. The van der Waals surface area contributed by atoms with Crippen LogP contribution in [0.1, 0.15) is 42.4 Å². The molecule has 0 spiro atoms. The van der Waals surface area contributed by atoms with Gasteiger partial charge in [0.15, 0.2) is 0 Å². The minimum atomic E-state index is -4.45. The number of rotatable bonds is 6. The van der Waals surface area contributed by atoms with Crippen molar-refractivity contribution >= 4 is 17.9 Å². The number of piperidine rings is 1. The Labute approximate surface area is 191 Å². The van der Waals surface area contributed by atoms with Crippen LogP contribution in [-0.4, -0.2) is 40.7 Å². The zero-order chi connectivity index (χ0) is 23.4. The van der Waals surface area contributed by atoms with Crippen LogP contribution in [0.3, 0.4) is 0 Å². The van der Waals surface area contributed by atoms with Gasteiger partial charge < -0.3 is 9.80 Å². The van der Waals surface area contributed by atoms with E-state index in [0.717, 1.165) is 24.5 Å². The average Bonchev–Trinajstić information content (AvgIpc) is 3.66. The molecule has 1 saturated heterocycles. The summed E-state index contributed by atoms with van der Waals surface area (Å²) in [6.45, 7) is 0.899. The first-order valence-electron chi connectivity index (χ1n) is 11.3. The fourth-order valence-electron chi connectivity index (χ4n) is 4.31. The highest BCUT2D eigenvalue weighted by Crippen LogP contribution is 2.36. The molecule has 0 atom stereocenters. The van der Waals surface area contributed by atoms with E-state index in [4.69, 9.17) is 0 Å². The van der Waals surface area contributed by atoms with Crippen LogP contribution in [0.25, 0.3) is 6.08 Å². The van der Waals surface area contributed by atoms with E-state index in [1.54, 1.807) is 28.0 Å². The van der Waals surface area contributed by atoms with Gasteiger partial charge in [-0.25, -0.2) is 0 Å². The molecule has 1 saturated carbocycles. The fourth-order valence-corrected chi connectivity index (χ4v) is 4.31. The van der Waals surface area contributed by atoms with Crippen molar-refractivity contribution in [2.24, 2.45) is 5.92 Å². The quantitative estimate of drug-likeness (QED) is 0.564. The monoisotopic (exact) mass is 456 g/mol. The first-order valence-corrected chi connectivity index (χ1v) is 11.3. The molecule has 2 fully saturated rings. The first kappa shape index (κ1) is 23.1. The largest absolute Gasteiger partial charge is 0.416 e. The number of carbonyl (C=O) groups excluding carboxylic acids is 2. The fraction of sp³-hybridized carbons (Fsp3) is 0.385. The van der Waals surface area contributed by atoms with Crippen LogP contribution in [0.2, 0.25) is 0 Å². The molecule has 4 rings (SSSR count). The SMILES string of the molecule is O=C(/C=C/c1ccccc1)N1CCC(C(=O)N(Cc2ccccc2C(F)(F)F)C2CC2)CC1. The van der Waals surface area contributed by atoms with Gasteiger partial charge in [-0.15, -0.1) is 0 Å². The van der Waals surface area contributed by atoms with Crippen LogP contribution in [0, 0.1) is 5.92 Å². The van der Waals surface area contributed by atoms with Crippen molar-refractivity contribution in [1.82, 2.24) is 9.80 Å². The molecule has 7 heteroatoms. The van der Waals surface area contributed by atoms with Gasteiger partial charge >= 0.3 is 6.18 Å². The van der Waals surface area contributed by atoms with Crippen LogP contribution in [0.15, 0.2) is 60.7 Å². The second kappa shape index (κ2) is 9.81. The number of amides is 2. The van der Waals surface area contributed by atoms with Crippen molar-refractivity contribution in [2.75, 3.05) is 13.1 Å². The smallest absolute Gasteiger partial charge is 0.339 e. The highest BCUT2D eigenvalue weighted by Gasteiger charge is 2.39. The van der Waals surface area contributed by atoms with E-state index in [-0.39, 0.29) is 35.9 Å². The van der Waals surface area contributed by atoms with Crippen molar-refractivity contribution < 1.29 is 22.8 Å². The lowest BCUT2D eigenvalue weighted by atomic mass is 9.94. The normalized spacial score (nSPS) is 17.4. The predicted octanol–water partition coefficient (Wildman–Crippen LogP) is 5.15. The van der Waals surface area contributed by atoms with Gasteiger partial charge in [0.05, 0.1) is 5.56 Å². The summed E-state index contributed by atoms with van der Waals surface area (Å²) >= 11 is 0. The van der Waals surface area contributed by atoms with Crippen molar-refractivity contribution in [3.8, 4) is 0 Å². The number of benzene rings is 2. The molecule has 0 unspecified atom stereocenters. The van der Waals surface area contributed by atoms with Crippen molar-refractivity contribution in [2.45, 2.75) is 44.4 Å². The predicted molar refractivity (Wildman–Crippen MR) is 120 cm³/mol. The highest BCUT2D eigenvalue weighted by molar-refractivity contribution is 5.92. The maximum atomic E-state index is 13.4. The maximum Gasteiger partial charge on any atom is 0.416 e. The minimum Gasteiger partial charge on any atom is -0.339 e. The number of halogens is 3. The van der Waals surface area contributed by atoms with E-state index in [2.05, 4.69) is 0 Å². The topological polar surface area (TPSA) is 40.6 Å². The van der Waals surface area contributed by atoms with Crippen molar-refractivity contribution in [3.05, 3.63) is 77.4 Å². The molecule has 2 aromatic carbocycles. The summed E-state index contributed by atoms with van der Waals surface area (Å²) in [5, 5.41) is 0. The first-order chi connectivity index (χ1) is 15.8. The van der Waals surface area contributed by atoms with E-state index >= 15 is 0 Å². The number of likely N-dealkylation sites (tertiary alicyclic amines) is 1. The third-order valence-electron chi connectivity index (χ3n) is 6.31. The molecule has 0 radical (unpaired) electrons.